The average Bonchev–Trinajstić information content (AvgIpc) is 2.83. The van der Waals surface area contributed by atoms with Gasteiger partial charge in [0.2, 0.25) is 5.88 Å². The molecule has 0 bridgehead atoms. The van der Waals surface area contributed by atoms with E-state index in [1.807, 2.05) is 25.1 Å². The molecule has 1 aromatic carbocycles. The number of allylic oxidation sites excluding steroid dienone is 1. The van der Waals surface area contributed by atoms with E-state index in [0.29, 0.717) is 21.7 Å². The van der Waals surface area contributed by atoms with Crippen molar-refractivity contribution in [3.05, 3.63) is 63.8 Å². The van der Waals surface area contributed by atoms with Crippen LogP contribution >= 0.6 is 15.9 Å². The van der Waals surface area contributed by atoms with E-state index >= 15 is 0 Å². The molecule has 1 aromatic heterocycles. The number of hydrogen-bond acceptors (Lipinski definition) is 5. The van der Waals surface area contributed by atoms with Gasteiger partial charge in [-0.2, -0.15) is 0 Å². The summed E-state index contributed by atoms with van der Waals surface area (Å²) in [4.78, 5) is 28.4. The topological polar surface area (TPSA) is 110 Å². The van der Waals surface area contributed by atoms with E-state index in [1.54, 1.807) is 19.2 Å². The first-order valence-corrected chi connectivity index (χ1v) is 12.5. The molecular formula is C26H32BrN3O5. The molecule has 3 N–H and O–H groups in total. The number of halogens is 1. The van der Waals surface area contributed by atoms with Crippen LogP contribution in [0.2, 0.25) is 0 Å². The van der Waals surface area contributed by atoms with Crippen molar-refractivity contribution in [3.8, 4) is 11.6 Å². The number of ether oxygens (including phenoxy) is 2. The molecule has 35 heavy (non-hydrogen) atoms. The van der Waals surface area contributed by atoms with Gasteiger partial charge in [0.1, 0.15) is 5.75 Å². The third-order valence-electron chi connectivity index (χ3n) is 6.05. The minimum atomic E-state index is -0.998. The predicted molar refractivity (Wildman–Crippen MR) is 137 cm³/mol. The van der Waals surface area contributed by atoms with Gasteiger partial charge >= 0.3 is 6.09 Å². The molecule has 1 saturated carbocycles. The van der Waals surface area contributed by atoms with E-state index in [-0.39, 0.29) is 24.6 Å². The molecule has 0 saturated heterocycles. The van der Waals surface area contributed by atoms with Crippen molar-refractivity contribution in [1.82, 2.24) is 15.6 Å². The Balaban J connectivity index is 1.68. The summed E-state index contributed by atoms with van der Waals surface area (Å²) in [7, 11) is 1.58. The maximum absolute atomic E-state index is 13.1. The first-order valence-electron chi connectivity index (χ1n) is 11.7. The third kappa shape index (κ3) is 7.21. The largest absolute Gasteiger partial charge is 0.489 e. The fraction of sp³-hybridized carbons (Fsp3) is 0.423. The number of carbonyl (C=O) groups is 2. The van der Waals surface area contributed by atoms with Gasteiger partial charge in [0.25, 0.3) is 5.91 Å². The number of pyridine rings is 1. The zero-order valence-electron chi connectivity index (χ0n) is 20.1. The number of hydrogen-bond donors (Lipinski definition) is 3. The fourth-order valence-corrected chi connectivity index (χ4v) is 4.83. The molecule has 3 rings (SSSR count). The molecule has 0 spiro atoms. The molecule has 2 amide bonds. The molecule has 0 atom stereocenters. The number of aromatic nitrogens is 1. The molecule has 0 radical (unpaired) electrons. The molecule has 188 valence electrons. The van der Waals surface area contributed by atoms with Crippen LogP contribution in [0.4, 0.5) is 4.79 Å². The van der Waals surface area contributed by atoms with Gasteiger partial charge in [-0.05, 0) is 85.1 Å². The number of carbonyl (C=O) groups excluding carboxylic acids is 1. The van der Waals surface area contributed by atoms with Crippen LogP contribution in [-0.2, 0) is 13.0 Å². The molecule has 0 unspecified atom stereocenters. The van der Waals surface area contributed by atoms with Gasteiger partial charge in [-0.15, -0.1) is 6.58 Å². The summed E-state index contributed by atoms with van der Waals surface area (Å²) in [6.07, 6.45) is 5.34. The number of nitrogens with one attached hydrogen (secondary N) is 2. The number of carboxylic acid groups (broad SMARTS) is 1. The van der Waals surface area contributed by atoms with Crippen molar-refractivity contribution in [1.29, 1.82) is 0 Å². The lowest BCUT2D eigenvalue weighted by Crippen LogP contribution is -2.38. The van der Waals surface area contributed by atoms with Gasteiger partial charge in [0.05, 0.1) is 23.2 Å². The van der Waals surface area contributed by atoms with Crippen molar-refractivity contribution < 1.29 is 24.2 Å². The molecule has 2 aromatic rings. The average molecular weight is 546 g/mol. The first kappa shape index (κ1) is 26.5. The Labute approximate surface area is 214 Å². The highest BCUT2D eigenvalue weighted by Crippen LogP contribution is 2.32. The Morgan fingerprint density at radius 2 is 2.03 bits per heavy atom. The second-order valence-electron chi connectivity index (χ2n) is 8.58. The van der Waals surface area contributed by atoms with Gasteiger partial charge in [0.15, 0.2) is 0 Å². The molecule has 0 aliphatic heterocycles. The number of benzene rings is 1. The lowest BCUT2D eigenvalue weighted by molar-refractivity contribution is 0.0948. The van der Waals surface area contributed by atoms with Crippen molar-refractivity contribution in [2.24, 2.45) is 0 Å². The van der Waals surface area contributed by atoms with Crippen molar-refractivity contribution in [3.63, 3.8) is 0 Å². The highest BCUT2D eigenvalue weighted by molar-refractivity contribution is 9.10. The lowest BCUT2D eigenvalue weighted by Gasteiger charge is -2.29. The highest BCUT2D eigenvalue weighted by Gasteiger charge is 2.25. The van der Waals surface area contributed by atoms with E-state index in [9.17, 15) is 9.59 Å². The van der Waals surface area contributed by atoms with Crippen LogP contribution < -0.4 is 20.1 Å². The van der Waals surface area contributed by atoms with Gasteiger partial charge in [-0.25, -0.2) is 9.78 Å². The van der Waals surface area contributed by atoms with Crippen molar-refractivity contribution >= 4 is 27.9 Å². The number of methoxy groups -OCH3 is 1. The molecule has 1 aliphatic carbocycles. The Bertz CT molecular complexity index is 1070. The van der Waals surface area contributed by atoms with Crippen LogP contribution in [0.3, 0.4) is 0 Å². The normalized spacial score (nSPS) is 17.3. The molecule has 1 fully saturated rings. The maximum atomic E-state index is 13.1. The van der Waals surface area contributed by atoms with Gasteiger partial charge < -0.3 is 25.2 Å². The van der Waals surface area contributed by atoms with E-state index in [2.05, 4.69) is 38.1 Å². The summed E-state index contributed by atoms with van der Waals surface area (Å²) >= 11 is 3.54. The van der Waals surface area contributed by atoms with Gasteiger partial charge in [-0.3, -0.25) is 4.79 Å². The standard InChI is InChI=1S/C26H32BrN3O5/c1-4-5-7-17-14-16(2)29-25(34-3)21(17)15-28-24(31)20-8-6-9-22(23(20)27)35-19-12-10-18(11-13-19)30-26(32)33/h4,6,8-9,14,18-19,30H,1,5,7,10-13,15H2,2-3H3,(H,28,31)(H,32,33). The zero-order valence-corrected chi connectivity index (χ0v) is 21.7. The minimum Gasteiger partial charge on any atom is -0.489 e. The van der Waals surface area contributed by atoms with Crippen LogP contribution in [0.1, 0.15) is 59.3 Å². The lowest BCUT2D eigenvalue weighted by atomic mass is 9.93. The number of amides is 2. The second-order valence-corrected chi connectivity index (χ2v) is 9.37. The van der Waals surface area contributed by atoms with Gasteiger partial charge in [-0.1, -0.05) is 12.1 Å². The van der Waals surface area contributed by atoms with Crippen molar-refractivity contribution in [2.45, 2.75) is 64.1 Å². The predicted octanol–water partition coefficient (Wildman–Crippen LogP) is 5.17. The smallest absolute Gasteiger partial charge is 0.404 e. The highest BCUT2D eigenvalue weighted by atomic mass is 79.9. The Morgan fingerprint density at radius 3 is 2.69 bits per heavy atom. The monoisotopic (exact) mass is 545 g/mol. The molecule has 1 heterocycles. The summed E-state index contributed by atoms with van der Waals surface area (Å²) in [5, 5.41) is 14.4. The Hall–Kier alpha value is -3.07. The molecule has 9 heteroatoms. The molecule has 1 aliphatic rings. The summed E-state index contributed by atoms with van der Waals surface area (Å²) in [6.45, 7) is 5.99. The van der Waals surface area contributed by atoms with E-state index in [4.69, 9.17) is 14.6 Å². The summed E-state index contributed by atoms with van der Waals surface area (Å²) in [6, 6.07) is 7.32. The Morgan fingerprint density at radius 1 is 1.29 bits per heavy atom. The number of rotatable bonds is 10. The van der Waals surface area contributed by atoms with Crippen LogP contribution in [-0.4, -0.2) is 41.3 Å². The molecular weight excluding hydrogens is 514 g/mol. The first-order chi connectivity index (χ1) is 16.8. The number of aryl methyl sites for hydroxylation is 2. The van der Waals surface area contributed by atoms with Crippen LogP contribution in [0.15, 0.2) is 41.4 Å². The van der Waals surface area contributed by atoms with Gasteiger partial charge in [0, 0.05) is 23.8 Å². The molecule has 8 nitrogen and oxygen atoms in total. The van der Waals surface area contributed by atoms with E-state index in [1.165, 1.54) is 0 Å². The van der Waals surface area contributed by atoms with Crippen LogP contribution in [0, 0.1) is 6.92 Å². The zero-order chi connectivity index (χ0) is 25.4. The van der Waals surface area contributed by atoms with Crippen LogP contribution in [0.25, 0.3) is 0 Å². The maximum Gasteiger partial charge on any atom is 0.404 e. The minimum absolute atomic E-state index is 0.0354. The summed E-state index contributed by atoms with van der Waals surface area (Å²) in [5.74, 6) is 0.857. The quantitative estimate of drug-likeness (QED) is 0.355. The SMILES string of the molecule is C=CCCc1cc(C)nc(OC)c1CNC(=O)c1cccc(OC2CCC(NC(=O)O)CC2)c1Br. The van der Waals surface area contributed by atoms with E-state index < -0.39 is 6.09 Å². The summed E-state index contributed by atoms with van der Waals surface area (Å²) in [5.41, 5.74) is 3.24. The van der Waals surface area contributed by atoms with Crippen molar-refractivity contribution in [2.75, 3.05) is 7.11 Å². The fourth-order valence-electron chi connectivity index (χ4n) is 4.30. The number of nitrogens with zero attached hydrogens (tertiary/aromatic N) is 1. The third-order valence-corrected chi connectivity index (χ3v) is 6.86. The Kier molecular flexibility index (Phi) is 9.54. The van der Waals surface area contributed by atoms with E-state index in [0.717, 1.165) is 55.3 Å². The summed E-state index contributed by atoms with van der Waals surface area (Å²) < 4.78 is 12.2. The van der Waals surface area contributed by atoms with Crippen LogP contribution in [0.5, 0.6) is 11.6 Å². The second kappa shape index (κ2) is 12.6.